The van der Waals surface area contributed by atoms with E-state index in [9.17, 15) is 4.21 Å². The van der Waals surface area contributed by atoms with Gasteiger partial charge in [-0.25, -0.2) is 0 Å². The van der Waals surface area contributed by atoms with Crippen molar-refractivity contribution in [2.45, 2.75) is 4.90 Å². The third kappa shape index (κ3) is 5.18. The summed E-state index contributed by atoms with van der Waals surface area (Å²) < 4.78 is 11.0. The minimum Gasteiger partial charge on any atom is -0.388 e. The van der Waals surface area contributed by atoms with E-state index in [-0.39, 0.29) is 12.4 Å². The Balaban J connectivity index is 0. The number of benzene rings is 1. The molecule has 0 radical (unpaired) electrons. The van der Waals surface area contributed by atoms with E-state index in [1.54, 1.807) is 6.26 Å². The summed E-state index contributed by atoms with van der Waals surface area (Å²) in [5.41, 5.74) is 0.998. The molecule has 6 heteroatoms. The minimum absolute atomic E-state index is 0. The van der Waals surface area contributed by atoms with Crippen LogP contribution in [-0.4, -0.2) is 28.0 Å². The van der Waals surface area contributed by atoms with Crippen molar-refractivity contribution in [2.75, 3.05) is 18.6 Å². The van der Waals surface area contributed by atoms with Crippen LogP contribution in [0.4, 0.5) is 5.69 Å². The molecule has 1 atom stereocenters. The van der Waals surface area contributed by atoms with Gasteiger partial charge in [-0.3, -0.25) is 14.7 Å². The molecule has 0 aliphatic rings. The predicted octanol–water partition coefficient (Wildman–Crippen LogP) is 1.90. The van der Waals surface area contributed by atoms with E-state index in [1.807, 2.05) is 31.3 Å². The van der Waals surface area contributed by atoms with Crippen LogP contribution in [0.2, 0.25) is 0 Å². The maximum atomic E-state index is 11.0. The van der Waals surface area contributed by atoms with Crippen LogP contribution in [0.3, 0.4) is 0 Å². The summed E-state index contributed by atoms with van der Waals surface area (Å²) >= 11 is 0. The number of hydrogen-bond donors (Lipinski definition) is 3. The van der Waals surface area contributed by atoms with E-state index in [2.05, 4.69) is 5.32 Å². The Labute approximate surface area is 91.8 Å². The van der Waals surface area contributed by atoms with Crippen molar-refractivity contribution in [3.05, 3.63) is 24.3 Å². The molecule has 1 aromatic rings. The number of nitrogens with one attached hydrogen (secondary N) is 1. The van der Waals surface area contributed by atoms with E-state index in [0.717, 1.165) is 10.6 Å². The molecule has 0 saturated carbocycles. The molecule has 3 N–H and O–H groups in total. The highest BCUT2D eigenvalue weighted by Crippen LogP contribution is 2.11. The summed E-state index contributed by atoms with van der Waals surface area (Å²) in [5.74, 6) is 0. The topological polar surface area (TPSA) is 69.6 Å². The molecular formula is C8H14ClNO3S. The van der Waals surface area contributed by atoms with Crippen LogP contribution in [-0.2, 0) is 10.8 Å². The highest BCUT2D eigenvalue weighted by molar-refractivity contribution is 7.84. The van der Waals surface area contributed by atoms with Crippen LogP contribution >= 0.6 is 12.4 Å². The van der Waals surface area contributed by atoms with Crippen LogP contribution in [0.5, 0.6) is 0 Å². The van der Waals surface area contributed by atoms with Crippen molar-refractivity contribution in [1.29, 1.82) is 0 Å². The molecule has 0 saturated heterocycles. The zero-order chi connectivity index (χ0) is 10.3. The summed E-state index contributed by atoms with van der Waals surface area (Å²) in [6.45, 7) is 0. The number of anilines is 1. The molecule has 1 unspecified atom stereocenters. The molecule has 1 aromatic carbocycles. The molecule has 0 amide bonds. The molecule has 82 valence electrons. The molecule has 1 rings (SSSR count). The Morgan fingerprint density at radius 3 is 2.36 bits per heavy atom. The standard InChI is InChI=1S/C8H11NOS.ClH.H2O2/c1-9-7-4-3-5-8(6-7)11(2)10;;1-2/h3-6,9H,1-2H3;1H;1-2H. The lowest BCUT2D eigenvalue weighted by Gasteiger charge is -2.00. The van der Waals surface area contributed by atoms with Gasteiger partial charge in [0.25, 0.3) is 0 Å². The first-order chi connectivity index (χ1) is 6.24. The van der Waals surface area contributed by atoms with Gasteiger partial charge in [0, 0.05) is 34.7 Å². The van der Waals surface area contributed by atoms with Gasteiger partial charge in [-0.15, -0.1) is 12.4 Å². The lowest BCUT2D eigenvalue weighted by Crippen LogP contribution is -1.91. The summed E-state index contributed by atoms with van der Waals surface area (Å²) in [5, 5.41) is 15.0. The molecule has 0 fully saturated rings. The van der Waals surface area contributed by atoms with Gasteiger partial charge in [-0.2, -0.15) is 0 Å². The van der Waals surface area contributed by atoms with E-state index in [4.69, 9.17) is 10.5 Å². The molecular weight excluding hydrogens is 226 g/mol. The van der Waals surface area contributed by atoms with Gasteiger partial charge in [-0.05, 0) is 18.2 Å². The highest BCUT2D eigenvalue weighted by Gasteiger charge is 1.96. The lowest BCUT2D eigenvalue weighted by atomic mass is 10.3. The normalized spacial score (nSPS) is 10.3. The Hall–Kier alpha value is -0.620. The zero-order valence-electron chi connectivity index (χ0n) is 7.93. The third-order valence-electron chi connectivity index (χ3n) is 1.45. The van der Waals surface area contributed by atoms with Crippen LogP contribution < -0.4 is 5.32 Å². The van der Waals surface area contributed by atoms with Crippen molar-refractivity contribution in [1.82, 2.24) is 0 Å². The van der Waals surface area contributed by atoms with E-state index in [0.29, 0.717) is 0 Å². The van der Waals surface area contributed by atoms with Gasteiger partial charge < -0.3 is 5.32 Å². The van der Waals surface area contributed by atoms with Gasteiger partial charge in [-0.1, -0.05) is 6.07 Å². The smallest absolute Gasteiger partial charge is 0.0498 e. The van der Waals surface area contributed by atoms with Crippen LogP contribution in [0.1, 0.15) is 0 Å². The van der Waals surface area contributed by atoms with Crippen LogP contribution in [0, 0.1) is 0 Å². The number of hydrogen-bond acceptors (Lipinski definition) is 4. The Bertz CT molecular complexity index is 283. The molecule has 0 aromatic heterocycles. The maximum absolute atomic E-state index is 11.0. The first-order valence-corrected chi connectivity index (χ1v) is 5.11. The monoisotopic (exact) mass is 239 g/mol. The molecule has 4 nitrogen and oxygen atoms in total. The van der Waals surface area contributed by atoms with Crippen LogP contribution in [0.25, 0.3) is 0 Å². The van der Waals surface area contributed by atoms with Crippen molar-refractivity contribution in [2.24, 2.45) is 0 Å². The summed E-state index contributed by atoms with van der Waals surface area (Å²) in [4.78, 5) is 0.858. The van der Waals surface area contributed by atoms with Gasteiger partial charge >= 0.3 is 0 Å². The predicted molar refractivity (Wildman–Crippen MR) is 60.8 cm³/mol. The van der Waals surface area contributed by atoms with E-state index >= 15 is 0 Å². The molecule has 0 bridgehead atoms. The summed E-state index contributed by atoms with van der Waals surface area (Å²) in [7, 11) is 0.964. The second-order valence-corrected chi connectivity index (χ2v) is 3.61. The molecule has 14 heavy (non-hydrogen) atoms. The summed E-state index contributed by atoms with van der Waals surface area (Å²) in [6, 6.07) is 7.58. The summed E-state index contributed by atoms with van der Waals surface area (Å²) in [6.07, 6.45) is 1.68. The fourth-order valence-electron chi connectivity index (χ4n) is 0.830. The van der Waals surface area contributed by atoms with E-state index in [1.165, 1.54) is 0 Å². The van der Waals surface area contributed by atoms with Crippen LogP contribution in [0.15, 0.2) is 29.2 Å². The average molecular weight is 240 g/mol. The Kier molecular flexibility index (Phi) is 10.1. The quantitative estimate of drug-likeness (QED) is 0.545. The third-order valence-corrected chi connectivity index (χ3v) is 2.37. The van der Waals surface area contributed by atoms with Gasteiger partial charge in [0.05, 0.1) is 0 Å². The zero-order valence-corrected chi connectivity index (χ0v) is 9.56. The molecule has 0 aliphatic carbocycles. The first-order valence-electron chi connectivity index (χ1n) is 3.55. The number of halogens is 1. The average Bonchev–Trinajstić information content (AvgIpc) is 2.21. The molecule has 0 spiro atoms. The Morgan fingerprint density at radius 1 is 1.36 bits per heavy atom. The molecule has 0 heterocycles. The van der Waals surface area contributed by atoms with Crippen molar-refractivity contribution in [3.63, 3.8) is 0 Å². The maximum Gasteiger partial charge on any atom is 0.0498 e. The van der Waals surface area contributed by atoms with Crippen molar-refractivity contribution < 1.29 is 14.7 Å². The second-order valence-electron chi connectivity index (χ2n) is 2.23. The molecule has 0 aliphatic heterocycles. The fourth-order valence-corrected chi connectivity index (χ4v) is 1.39. The largest absolute Gasteiger partial charge is 0.388 e. The Morgan fingerprint density at radius 2 is 1.93 bits per heavy atom. The van der Waals surface area contributed by atoms with Gasteiger partial charge in [0.15, 0.2) is 0 Å². The van der Waals surface area contributed by atoms with E-state index < -0.39 is 10.8 Å². The SMILES string of the molecule is CNc1cccc(S(C)=O)c1.Cl.OO. The van der Waals surface area contributed by atoms with Gasteiger partial charge in [0.2, 0.25) is 0 Å². The number of rotatable bonds is 2. The fraction of sp³-hybridized carbons (Fsp3) is 0.250. The van der Waals surface area contributed by atoms with Crippen molar-refractivity contribution in [3.8, 4) is 0 Å². The lowest BCUT2D eigenvalue weighted by molar-refractivity contribution is -0.176. The minimum atomic E-state index is -0.881. The highest BCUT2D eigenvalue weighted by atomic mass is 35.5. The first kappa shape index (κ1) is 15.8. The second kappa shape index (κ2) is 8.96. The van der Waals surface area contributed by atoms with Crippen molar-refractivity contribution >= 4 is 28.9 Å². The van der Waals surface area contributed by atoms with Gasteiger partial charge in [0.1, 0.15) is 0 Å².